The molecular formula is C10H10N2+. The van der Waals surface area contributed by atoms with Gasteiger partial charge in [0.15, 0.2) is 5.10 Å². The number of hydrazone groups is 1. The summed E-state index contributed by atoms with van der Waals surface area (Å²) in [4.78, 5) is 0. The topological polar surface area (TPSA) is 17.3 Å². The number of hydrogen-bond acceptors (Lipinski definition) is 2. The van der Waals surface area contributed by atoms with Crippen molar-refractivity contribution in [2.45, 2.75) is 6.54 Å². The summed E-state index contributed by atoms with van der Waals surface area (Å²) < 4.78 is 0. The molecule has 0 spiro atoms. The molecule has 2 nitrogen and oxygen atoms in total. The van der Waals surface area contributed by atoms with Crippen LogP contribution in [-0.4, -0.2) is 11.2 Å². The average Bonchev–Trinajstić information content (AvgIpc) is 2.59. The van der Waals surface area contributed by atoms with Gasteiger partial charge in [-0.25, -0.2) is 0 Å². The Labute approximate surface area is 71.8 Å². The first-order valence-corrected chi connectivity index (χ1v) is 3.96. The van der Waals surface area contributed by atoms with Gasteiger partial charge in [-0.2, -0.15) is 0 Å². The normalized spacial score (nSPS) is 14.2. The summed E-state index contributed by atoms with van der Waals surface area (Å²) in [5.41, 5.74) is 1.28. The number of hydrogen-bond donors (Lipinski definition) is 0. The van der Waals surface area contributed by atoms with Crippen LogP contribution in [0.5, 0.6) is 0 Å². The minimum Gasteiger partial charge on any atom is -0.0918 e. The van der Waals surface area contributed by atoms with Gasteiger partial charge >= 0.3 is 0 Å². The highest BCUT2D eigenvalue weighted by atomic mass is 15.4. The largest absolute Gasteiger partial charge is 0.277 e. The SMILES string of the molecule is C1=CN(Cc2ccccc2)[N+]=C1. The van der Waals surface area contributed by atoms with E-state index in [2.05, 4.69) is 17.2 Å². The summed E-state index contributed by atoms with van der Waals surface area (Å²) in [6.07, 6.45) is 5.69. The van der Waals surface area contributed by atoms with Crippen LogP contribution < -0.4 is 5.10 Å². The molecule has 2 rings (SSSR count). The van der Waals surface area contributed by atoms with Crippen LogP contribution in [0.15, 0.2) is 42.6 Å². The molecule has 59 valence electrons. The van der Waals surface area contributed by atoms with Crippen molar-refractivity contribution in [1.29, 1.82) is 0 Å². The van der Waals surface area contributed by atoms with Crippen molar-refractivity contribution in [1.82, 2.24) is 10.1 Å². The van der Waals surface area contributed by atoms with E-state index in [1.807, 2.05) is 35.5 Å². The van der Waals surface area contributed by atoms with Crippen molar-refractivity contribution in [3.63, 3.8) is 0 Å². The smallest absolute Gasteiger partial charge is 0.0918 e. The zero-order valence-electron chi connectivity index (χ0n) is 6.72. The summed E-state index contributed by atoms with van der Waals surface area (Å²) in [5, 5.41) is 6.04. The van der Waals surface area contributed by atoms with Gasteiger partial charge in [0.25, 0.3) is 6.21 Å². The predicted octanol–water partition coefficient (Wildman–Crippen LogP) is 1.34. The van der Waals surface area contributed by atoms with Gasteiger partial charge in [0.05, 0.1) is 6.20 Å². The lowest BCUT2D eigenvalue weighted by molar-refractivity contribution is 0.353. The molecule has 1 aliphatic rings. The van der Waals surface area contributed by atoms with Gasteiger partial charge in [0.1, 0.15) is 6.54 Å². The molecule has 1 aromatic carbocycles. The van der Waals surface area contributed by atoms with Gasteiger partial charge in [-0.1, -0.05) is 35.3 Å². The van der Waals surface area contributed by atoms with Crippen LogP contribution in [0.3, 0.4) is 0 Å². The molecule has 0 aliphatic carbocycles. The first-order valence-electron chi connectivity index (χ1n) is 3.96. The lowest BCUT2D eigenvalue weighted by Crippen LogP contribution is -2.15. The fourth-order valence-corrected chi connectivity index (χ4v) is 1.16. The van der Waals surface area contributed by atoms with Gasteiger partial charge < -0.3 is 0 Å². The number of benzene rings is 1. The molecule has 0 aromatic heterocycles. The van der Waals surface area contributed by atoms with Crippen molar-refractivity contribution in [2.75, 3.05) is 0 Å². The number of rotatable bonds is 2. The van der Waals surface area contributed by atoms with Crippen molar-refractivity contribution in [3.8, 4) is 0 Å². The van der Waals surface area contributed by atoms with Crippen LogP contribution >= 0.6 is 0 Å². The van der Waals surface area contributed by atoms with Crippen LogP contribution in [0, 0.1) is 0 Å². The maximum Gasteiger partial charge on any atom is 0.277 e. The number of nitrogens with zero attached hydrogens (tertiary/aromatic N) is 2. The Kier molecular flexibility index (Phi) is 1.90. The Morgan fingerprint density at radius 3 is 2.67 bits per heavy atom. The van der Waals surface area contributed by atoms with Crippen LogP contribution in [0.4, 0.5) is 0 Å². The Morgan fingerprint density at radius 2 is 2.00 bits per heavy atom. The Morgan fingerprint density at radius 1 is 1.17 bits per heavy atom. The zero-order valence-corrected chi connectivity index (χ0v) is 6.72. The van der Waals surface area contributed by atoms with E-state index in [1.54, 1.807) is 6.21 Å². The van der Waals surface area contributed by atoms with E-state index in [0.717, 1.165) is 6.54 Å². The summed E-state index contributed by atoms with van der Waals surface area (Å²) in [6, 6.07) is 10.3. The standard InChI is InChI=1S/C10H10N2/c1-2-5-10(6-3-1)9-12-8-4-7-11-12/h1-8H,9H2/q+1. The van der Waals surface area contributed by atoms with Crippen LogP contribution in [-0.2, 0) is 6.54 Å². The van der Waals surface area contributed by atoms with Crippen molar-refractivity contribution in [2.24, 2.45) is 0 Å². The monoisotopic (exact) mass is 158 g/mol. The van der Waals surface area contributed by atoms with E-state index >= 15 is 0 Å². The molecule has 1 heterocycles. The third-order valence-electron chi connectivity index (χ3n) is 1.75. The van der Waals surface area contributed by atoms with E-state index in [9.17, 15) is 0 Å². The van der Waals surface area contributed by atoms with Gasteiger partial charge in [0, 0.05) is 6.08 Å². The summed E-state index contributed by atoms with van der Waals surface area (Å²) >= 11 is 0. The molecule has 0 fully saturated rings. The Bertz CT molecular complexity index is 289. The average molecular weight is 158 g/mol. The second-order valence-corrected chi connectivity index (χ2v) is 2.69. The van der Waals surface area contributed by atoms with Gasteiger partial charge in [-0.15, -0.1) is 0 Å². The molecule has 2 heteroatoms. The van der Waals surface area contributed by atoms with E-state index < -0.39 is 0 Å². The second-order valence-electron chi connectivity index (χ2n) is 2.69. The van der Waals surface area contributed by atoms with E-state index in [1.165, 1.54) is 5.56 Å². The fourth-order valence-electron chi connectivity index (χ4n) is 1.16. The molecule has 0 atom stereocenters. The highest BCUT2D eigenvalue weighted by Crippen LogP contribution is 2.03. The molecule has 1 aliphatic heterocycles. The molecule has 12 heavy (non-hydrogen) atoms. The minimum atomic E-state index is 0.855. The molecular weight excluding hydrogens is 148 g/mol. The Hall–Kier alpha value is -1.57. The maximum atomic E-state index is 4.13. The lowest BCUT2D eigenvalue weighted by Gasteiger charge is -2.00. The summed E-state index contributed by atoms with van der Waals surface area (Å²) in [6.45, 7) is 0.855. The first-order chi connectivity index (χ1) is 5.95. The molecule has 0 saturated carbocycles. The van der Waals surface area contributed by atoms with Crippen LogP contribution in [0.2, 0.25) is 0 Å². The molecule has 0 amide bonds. The molecule has 0 unspecified atom stereocenters. The maximum absolute atomic E-state index is 4.13. The molecule has 0 N–H and O–H groups in total. The lowest BCUT2D eigenvalue weighted by atomic mass is 10.2. The van der Waals surface area contributed by atoms with Gasteiger partial charge in [0.2, 0.25) is 0 Å². The van der Waals surface area contributed by atoms with Crippen LogP contribution in [0.1, 0.15) is 5.56 Å². The van der Waals surface area contributed by atoms with E-state index in [0.29, 0.717) is 0 Å². The molecule has 1 aromatic rings. The molecule has 0 saturated heterocycles. The van der Waals surface area contributed by atoms with Gasteiger partial charge in [-0.3, -0.25) is 0 Å². The third-order valence-corrected chi connectivity index (χ3v) is 1.75. The first kappa shape index (κ1) is 7.10. The molecule has 0 bridgehead atoms. The summed E-state index contributed by atoms with van der Waals surface area (Å²) in [5.74, 6) is 0. The van der Waals surface area contributed by atoms with Crippen molar-refractivity contribution in [3.05, 3.63) is 48.2 Å². The predicted molar refractivity (Wildman–Crippen MR) is 49.3 cm³/mol. The minimum absolute atomic E-state index is 0.855. The zero-order chi connectivity index (χ0) is 8.23. The van der Waals surface area contributed by atoms with E-state index in [-0.39, 0.29) is 0 Å². The highest BCUT2D eigenvalue weighted by Gasteiger charge is 2.11. The van der Waals surface area contributed by atoms with Crippen molar-refractivity contribution < 1.29 is 0 Å². The quantitative estimate of drug-likeness (QED) is 0.635. The fraction of sp³-hybridized carbons (Fsp3) is 0.100. The van der Waals surface area contributed by atoms with Crippen LogP contribution in [0.25, 0.3) is 0 Å². The van der Waals surface area contributed by atoms with Gasteiger partial charge in [-0.05, 0) is 5.56 Å². The summed E-state index contributed by atoms with van der Waals surface area (Å²) in [7, 11) is 0. The number of allylic oxidation sites excluding steroid dienone is 1. The van der Waals surface area contributed by atoms with E-state index in [4.69, 9.17) is 0 Å². The van der Waals surface area contributed by atoms with Crippen molar-refractivity contribution >= 4 is 6.21 Å². The highest BCUT2D eigenvalue weighted by molar-refractivity contribution is 5.71. The second kappa shape index (κ2) is 3.22. The Balaban J connectivity index is 2.04. The molecule has 1 radical (unpaired) electrons. The third kappa shape index (κ3) is 1.53.